The van der Waals surface area contributed by atoms with Crippen molar-refractivity contribution >= 4 is 46.2 Å². The number of rotatable bonds is 2. The molecule has 0 spiro atoms. The molecule has 4 heteroatoms. The summed E-state index contributed by atoms with van der Waals surface area (Å²) in [5.41, 5.74) is 1.69. The van der Waals surface area contributed by atoms with Gasteiger partial charge in [0, 0.05) is 5.69 Å². The van der Waals surface area contributed by atoms with Crippen LogP contribution < -0.4 is 5.32 Å². The molecule has 0 aliphatic carbocycles. The third-order valence-electron chi connectivity index (χ3n) is 2.06. The highest BCUT2D eigenvalue weighted by Crippen LogP contribution is 2.33. The Morgan fingerprint density at radius 2 is 1.38 bits per heavy atom. The molecule has 2 aromatic carbocycles. The van der Waals surface area contributed by atoms with Gasteiger partial charge in [0.2, 0.25) is 0 Å². The Labute approximate surface area is 109 Å². The average molecular weight is 273 g/mol. The highest BCUT2D eigenvalue weighted by molar-refractivity contribution is 6.44. The number of para-hydroxylation sites is 1. The predicted octanol–water partition coefficient (Wildman–Crippen LogP) is 5.39. The van der Waals surface area contributed by atoms with E-state index in [4.69, 9.17) is 34.8 Å². The molecule has 0 radical (unpaired) electrons. The number of hydrogen-bond acceptors (Lipinski definition) is 1. The molecular formula is C12H8Cl3N. The number of nitrogens with one attached hydrogen (secondary N) is 1. The van der Waals surface area contributed by atoms with Crippen molar-refractivity contribution in [3.63, 3.8) is 0 Å². The molecule has 0 atom stereocenters. The second-order valence-corrected chi connectivity index (χ2v) is 4.46. The Balaban J connectivity index is 2.32. The maximum absolute atomic E-state index is 6.05. The third kappa shape index (κ3) is 2.62. The minimum Gasteiger partial charge on any atom is -0.354 e. The lowest BCUT2D eigenvalue weighted by atomic mass is 10.2. The monoisotopic (exact) mass is 271 g/mol. The van der Waals surface area contributed by atoms with Crippen LogP contribution in [0.25, 0.3) is 0 Å². The van der Waals surface area contributed by atoms with E-state index in [0.717, 1.165) is 11.4 Å². The second kappa shape index (κ2) is 4.96. The summed E-state index contributed by atoms with van der Waals surface area (Å²) in [5.74, 6) is 0. The van der Waals surface area contributed by atoms with Gasteiger partial charge in [-0.15, -0.1) is 0 Å². The third-order valence-corrected chi connectivity index (χ3v) is 3.10. The van der Waals surface area contributed by atoms with E-state index >= 15 is 0 Å². The largest absolute Gasteiger partial charge is 0.354 e. The lowest BCUT2D eigenvalue weighted by Crippen LogP contribution is -1.90. The van der Waals surface area contributed by atoms with Gasteiger partial charge in [0.25, 0.3) is 0 Å². The Kier molecular flexibility index (Phi) is 3.59. The summed E-state index contributed by atoms with van der Waals surface area (Å²) in [5, 5.41) is 4.63. The van der Waals surface area contributed by atoms with Crippen molar-refractivity contribution in [3.8, 4) is 0 Å². The minimum absolute atomic E-state index is 0.449. The van der Waals surface area contributed by atoms with Crippen molar-refractivity contribution in [2.45, 2.75) is 0 Å². The van der Waals surface area contributed by atoms with Gasteiger partial charge in [0.05, 0.1) is 20.8 Å². The zero-order chi connectivity index (χ0) is 11.5. The first-order valence-electron chi connectivity index (χ1n) is 4.63. The first kappa shape index (κ1) is 11.6. The summed E-state index contributed by atoms with van der Waals surface area (Å²) < 4.78 is 0. The summed E-state index contributed by atoms with van der Waals surface area (Å²) in [6.07, 6.45) is 0. The molecule has 0 unspecified atom stereocenters. The van der Waals surface area contributed by atoms with Crippen LogP contribution in [0.1, 0.15) is 0 Å². The number of hydrogen-bond donors (Lipinski definition) is 1. The van der Waals surface area contributed by atoms with E-state index in [-0.39, 0.29) is 0 Å². The van der Waals surface area contributed by atoms with Crippen molar-refractivity contribution in [1.82, 2.24) is 0 Å². The van der Waals surface area contributed by atoms with Crippen molar-refractivity contribution in [2.75, 3.05) is 5.32 Å². The van der Waals surface area contributed by atoms with Gasteiger partial charge in [-0.05, 0) is 24.3 Å². The summed E-state index contributed by atoms with van der Waals surface area (Å²) in [6, 6.07) is 13.0. The normalized spacial score (nSPS) is 10.2. The topological polar surface area (TPSA) is 12.0 Å². The van der Waals surface area contributed by atoms with Crippen LogP contribution in [0, 0.1) is 0 Å². The molecule has 2 rings (SSSR count). The highest BCUT2D eigenvalue weighted by Gasteiger charge is 2.05. The van der Waals surface area contributed by atoms with E-state index in [2.05, 4.69) is 5.32 Å². The van der Waals surface area contributed by atoms with Gasteiger partial charge in [0.15, 0.2) is 0 Å². The molecule has 0 heterocycles. The van der Waals surface area contributed by atoms with Gasteiger partial charge in [-0.3, -0.25) is 0 Å². The molecule has 2 aromatic rings. The fourth-order valence-electron chi connectivity index (χ4n) is 1.30. The second-order valence-electron chi connectivity index (χ2n) is 3.24. The molecule has 0 saturated heterocycles. The van der Waals surface area contributed by atoms with E-state index in [1.807, 2.05) is 30.3 Å². The SMILES string of the molecule is Clc1cc(Cl)c(Nc2ccccc2)cc1Cl. The molecule has 0 aliphatic heterocycles. The molecular weight excluding hydrogens is 264 g/mol. The van der Waals surface area contributed by atoms with Crippen LogP contribution >= 0.6 is 34.8 Å². The van der Waals surface area contributed by atoms with Gasteiger partial charge in [0.1, 0.15) is 0 Å². The van der Waals surface area contributed by atoms with Crippen molar-refractivity contribution < 1.29 is 0 Å². The van der Waals surface area contributed by atoms with Gasteiger partial charge in [-0.25, -0.2) is 0 Å². The van der Waals surface area contributed by atoms with E-state index < -0.39 is 0 Å². The average Bonchev–Trinajstić information content (AvgIpc) is 2.27. The number of anilines is 2. The fourth-order valence-corrected chi connectivity index (χ4v) is 1.89. The lowest BCUT2D eigenvalue weighted by molar-refractivity contribution is 1.55. The van der Waals surface area contributed by atoms with Crippen LogP contribution in [0.4, 0.5) is 11.4 Å². The summed E-state index contributed by atoms with van der Waals surface area (Å²) in [6.45, 7) is 0. The molecule has 0 bridgehead atoms. The Bertz CT molecular complexity index is 497. The van der Waals surface area contributed by atoms with Gasteiger partial charge >= 0.3 is 0 Å². The maximum Gasteiger partial charge on any atom is 0.0656 e. The van der Waals surface area contributed by atoms with E-state index in [1.165, 1.54) is 0 Å². The minimum atomic E-state index is 0.449. The summed E-state index contributed by atoms with van der Waals surface area (Å²) in [7, 11) is 0. The van der Waals surface area contributed by atoms with Crippen LogP contribution in [0.5, 0.6) is 0 Å². The van der Waals surface area contributed by atoms with Crippen LogP contribution in [0.15, 0.2) is 42.5 Å². The quantitative estimate of drug-likeness (QED) is 0.723. The van der Waals surface area contributed by atoms with Crippen LogP contribution in [0.3, 0.4) is 0 Å². The first-order valence-corrected chi connectivity index (χ1v) is 5.77. The van der Waals surface area contributed by atoms with Crippen LogP contribution in [0.2, 0.25) is 15.1 Å². The first-order chi connectivity index (χ1) is 7.66. The summed E-state index contributed by atoms with van der Waals surface area (Å²) in [4.78, 5) is 0. The van der Waals surface area contributed by atoms with E-state index in [9.17, 15) is 0 Å². The van der Waals surface area contributed by atoms with Crippen molar-refractivity contribution in [1.29, 1.82) is 0 Å². The van der Waals surface area contributed by atoms with Gasteiger partial charge in [-0.2, -0.15) is 0 Å². The lowest BCUT2D eigenvalue weighted by Gasteiger charge is -2.09. The Morgan fingerprint density at radius 1 is 0.750 bits per heavy atom. The molecule has 0 aliphatic rings. The van der Waals surface area contributed by atoms with Crippen LogP contribution in [-0.4, -0.2) is 0 Å². The number of benzene rings is 2. The number of halogens is 3. The Morgan fingerprint density at radius 3 is 2.06 bits per heavy atom. The van der Waals surface area contributed by atoms with Crippen LogP contribution in [-0.2, 0) is 0 Å². The maximum atomic E-state index is 6.05. The zero-order valence-electron chi connectivity index (χ0n) is 8.18. The predicted molar refractivity (Wildman–Crippen MR) is 71.2 cm³/mol. The zero-order valence-corrected chi connectivity index (χ0v) is 10.4. The molecule has 16 heavy (non-hydrogen) atoms. The smallest absolute Gasteiger partial charge is 0.0656 e. The highest BCUT2D eigenvalue weighted by atomic mass is 35.5. The van der Waals surface area contributed by atoms with Gasteiger partial charge in [-0.1, -0.05) is 53.0 Å². The van der Waals surface area contributed by atoms with Crippen molar-refractivity contribution in [3.05, 3.63) is 57.5 Å². The van der Waals surface area contributed by atoms with E-state index in [1.54, 1.807) is 12.1 Å². The molecule has 0 amide bonds. The molecule has 0 saturated carbocycles. The molecule has 0 fully saturated rings. The summed E-state index contributed by atoms with van der Waals surface area (Å²) >= 11 is 17.8. The molecule has 82 valence electrons. The molecule has 1 N–H and O–H groups in total. The van der Waals surface area contributed by atoms with Crippen molar-refractivity contribution in [2.24, 2.45) is 0 Å². The molecule has 0 aromatic heterocycles. The van der Waals surface area contributed by atoms with Gasteiger partial charge < -0.3 is 5.32 Å². The standard InChI is InChI=1S/C12H8Cl3N/c13-9-6-11(15)12(7-10(9)14)16-8-4-2-1-3-5-8/h1-7,16H. The fraction of sp³-hybridized carbons (Fsp3) is 0. The van der Waals surface area contributed by atoms with E-state index in [0.29, 0.717) is 15.1 Å². The Hall–Kier alpha value is -0.890. The molecule has 1 nitrogen and oxygen atoms in total.